The molecule has 0 saturated carbocycles. The largest absolute Gasteiger partial charge is 0.370 e. The molecule has 2 aromatic heterocycles. The van der Waals surface area contributed by atoms with Gasteiger partial charge in [0.25, 0.3) is 0 Å². The molecular formula is C16H25N5. The molecule has 0 amide bonds. The summed E-state index contributed by atoms with van der Waals surface area (Å²) < 4.78 is 1.80. The van der Waals surface area contributed by atoms with Gasteiger partial charge >= 0.3 is 0 Å². The fourth-order valence-electron chi connectivity index (χ4n) is 2.06. The van der Waals surface area contributed by atoms with E-state index in [-0.39, 0.29) is 5.41 Å². The Hall–Kier alpha value is -1.91. The molecular weight excluding hydrogens is 262 g/mol. The van der Waals surface area contributed by atoms with E-state index in [0.29, 0.717) is 0 Å². The van der Waals surface area contributed by atoms with E-state index in [2.05, 4.69) is 45.0 Å². The molecule has 1 N–H and O–H groups in total. The summed E-state index contributed by atoms with van der Waals surface area (Å²) in [6.07, 6.45) is 3.00. The van der Waals surface area contributed by atoms with Gasteiger partial charge < -0.3 is 5.32 Å². The highest BCUT2D eigenvalue weighted by Crippen LogP contribution is 2.28. The Bertz CT molecular complexity index is 622. The number of hydrogen-bond acceptors (Lipinski definition) is 4. The van der Waals surface area contributed by atoms with Crippen LogP contribution in [0.4, 0.5) is 5.82 Å². The van der Waals surface area contributed by atoms with E-state index in [9.17, 15) is 0 Å². The summed E-state index contributed by atoms with van der Waals surface area (Å²) in [4.78, 5) is 9.49. The molecule has 5 heteroatoms. The van der Waals surface area contributed by atoms with Crippen molar-refractivity contribution < 1.29 is 0 Å². The quantitative estimate of drug-likeness (QED) is 0.937. The van der Waals surface area contributed by atoms with E-state index in [0.717, 1.165) is 41.6 Å². The first-order valence-electron chi connectivity index (χ1n) is 7.46. The number of aryl methyl sites for hydroxylation is 1. The summed E-state index contributed by atoms with van der Waals surface area (Å²) in [5.74, 6) is 1.75. The van der Waals surface area contributed by atoms with Gasteiger partial charge in [0.05, 0.1) is 5.69 Å². The third-order valence-corrected chi connectivity index (χ3v) is 3.32. The molecule has 0 aromatic carbocycles. The van der Waals surface area contributed by atoms with Gasteiger partial charge in [-0.3, -0.25) is 4.68 Å². The van der Waals surface area contributed by atoms with E-state index in [1.165, 1.54) is 0 Å². The second-order valence-corrected chi connectivity index (χ2v) is 6.42. The number of nitrogens with zero attached hydrogens (tertiary/aromatic N) is 4. The molecule has 0 saturated heterocycles. The molecule has 0 aliphatic heterocycles. The molecule has 2 rings (SSSR count). The van der Waals surface area contributed by atoms with Crippen molar-refractivity contribution in [3.8, 4) is 11.4 Å². The van der Waals surface area contributed by atoms with Crippen LogP contribution in [0.5, 0.6) is 0 Å². The van der Waals surface area contributed by atoms with Crippen LogP contribution in [0, 0.1) is 6.92 Å². The van der Waals surface area contributed by atoms with Gasteiger partial charge in [0.2, 0.25) is 0 Å². The fraction of sp³-hybridized carbons (Fsp3) is 0.562. The SMILES string of the molecule is CCCNc1nc(C(C)(C)C)nc(-c2ccn(C)n2)c1C. The maximum absolute atomic E-state index is 4.77. The van der Waals surface area contributed by atoms with Gasteiger partial charge in [0.1, 0.15) is 17.3 Å². The molecule has 2 aromatic rings. The monoisotopic (exact) mass is 287 g/mol. The maximum Gasteiger partial charge on any atom is 0.136 e. The Morgan fingerprint density at radius 3 is 2.48 bits per heavy atom. The Balaban J connectivity index is 2.57. The van der Waals surface area contributed by atoms with E-state index in [1.54, 1.807) is 4.68 Å². The molecule has 5 nitrogen and oxygen atoms in total. The zero-order valence-electron chi connectivity index (χ0n) is 13.9. The lowest BCUT2D eigenvalue weighted by atomic mass is 9.95. The van der Waals surface area contributed by atoms with E-state index >= 15 is 0 Å². The number of aromatic nitrogens is 4. The molecule has 0 bridgehead atoms. The molecule has 21 heavy (non-hydrogen) atoms. The summed E-state index contributed by atoms with van der Waals surface area (Å²) in [6.45, 7) is 11.5. The van der Waals surface area contributed by atoms with Crippen molar-refractivity contribution in [3.05, 3.63) is 23.7 Å². The highest BCUT2D eigenvalue weighted by Gasteiger charge is 2.22. The van der Waals surface area contributed by atoms with E-state index in [4.69, 9.17) is 9.97 Å². The molecule has 0 aliphatic carbocycles. The Morgan fingerprint density at radius 1 is 1.24 bits per heavy atom. The summed E-state index contributed by atoms with van der Waals surface area (Å²) in [6, 6.07) is 1.99. The molecule has 0 aliphatic rings. The van der Waals surface area contributed by atoms with E-state index < -0.39 is 0 Å². The molecule has 0 spiro atoms. The normalized spacial score (nSPS) is 11.7. The van der Waals surface area contributed by atoms with Gasteiger partial charge in [0.15, 0.2) is 0 Å². The summed E-state index contributed by atoms with van der Waals surface area (Å²) >= 11 is 0. The predicted molar refractivity (Wildman–Crippen MR) is 86.5 cm³/mol. The topological polar surface area (TPSA) is 55.6 Å². The Labute approximate surface area is 126 Å². The number of anilines is 1. The minimum absolute atomic E-state index is 0.0973. The third kappa shape index (κ3) is 3.40. The summed E-state index contributed by atoms with van der Waals surface area (Å²) in [7, 11) is 1.92. The van der Waals surface area contributed by atoms with Crippen LogP contribution in [0.15, 0.2) is 12.3 Å². The highest BCUT2D eigenvalue weighted by atomic mass is 15.3. The fourth-order valence-corrected chi connectivity index (χ4v) is 2.06. The van der Waals surface area contributed by atoms with Crippen LogP contribution in [-0.4, -0.2) is 26.3 Å². The van der Waals surface area contributed by atoms with Crippen molar-refractivity contribution in [3.63, 3.8) is 0 Å². The van der Waals surface area contributed by atoms with Gasteiger partial charge in [0, 0.05) is 30.8 Å². The lowest BCUT2D eigenvalue weighted by Crippen LogP contribution is -2.19. The van der Waals surface area contributed by atoms with Crippen LogP contribution in [0.2, 0.25) is 0 Å². The number of hydrogen-bond donors (Lipinski definition) is 1. The Morgan fingerprint density at radius 2 is 1.95 bits per heavy atom. The smallest absolute Gasteiger partial charge is 0.136 e. The zero-order chi connectivity index (χ0) is 15.6. The second kappa shape index (κ2) is 5.84. The third-order valence-electron chi connectivity index (χ3n) is 3.32. The van der Waals surface area contributed by atoms with Gasteiger partial charge in [-0.1, -0.05) is 27.7 Å². The van der Waals surface area contributed by atoms with Crippen LogP contribution in [-0.2, 0) is 12.5 Å². The number of nitrogens with one attached hydrogen (secondary N) is 1. The molecule has 2 heterocycles. The van der Waals surface area contributed by atoms with Crippen molar-refractivity contribution >= 4 is 5.82 Å². The average Bonchev–Trinajstić information content (AvgIpc) is 2.82. The van der Waals surface area contributed by atoms with Crippen molar-refractivity contribution in [2.45, 2.75) is 46.5 Å². The lowest BCUT2D eigenvalue weighted by molar-refractivity contribution is 0.546. The summed E-state index contributed by atoms with van der Waals surface area (Å²) in [5.41, 5.74) is 2.76. The van der Waals surface area contributed by atoms with Crippen LogP contribution in [0.25, 0.3) is 11.4 Å². The number of rotatable bonds is 4. The zero-order valence-corrected chi connectivity index (χ0v) is 13.9. The average molecular weight is 287 g/mol. The molecule has 0 fully saturated rings. The van der Waals surface area contributed by atoms with Gasteiger partial charge in [-0.05, 0) is 19.4 Å². The summed E-state index contributed by atoms with van der Waals surface area (Å²) in [5, 5.41) is 7.89. The van der Waals surface area contributed by atoms with Crippen LogP contribution >= 0.6 is 0 Å². The lowest BCUT2D eigenvalue weighted by Gasteiger charge is -2.20. The maximum atomic E-state index is 4.77. The van der Waals surface area contributed by atoms with E-state index in [1.807, 2.05) is 19.3 Å². The van der Waals surface area contributed by atoms with Crippen LogP contribution in [0.1, 0.15) is 45.5 Å². The van der Waals surface area contributed by atoms with Gasteiger partial charge in [-0.25, -0.2) is 9.97 Å². The molecule has 114 valence electrons. The van der Waals surface area contributed by atoms with Crippen molar-refractivity contribution in [1.82, 2.24) is 19.7 Å². The van der Waals surface area contributed by atoms with Crippen molar-refractivity contribution in [1.29, 1.82) is 0 Å². The van der Waals surface area contributed by atoms with Crippen molar-refractivity contribution in [2.24, 2.45) is 7.05 Å². The predicted octanol–water partition coefficient (Wildman–Crippen LogP) is 3.30. The first kappa shape index (κ1) is 15.5. The minimum atomic E-state index is -0.0973. The van der Waals surface area contributed by atoms with Crippen LogP contribution < -0.4 is 5.32 Å². The standard InChI is InChI=1S/C16H25N5/c1-7-9-17-14-11(2)13(12-8-10-21(6)20-12)18-15(19-14)16(3,4)5/h8,10H,7,9H2,1-6H3,(H,17,18,19). The Kier molecular flexibility index (Phi) is 4.30. The highest BCUT2D eigenvalue weighted by molar-refractivity contribution is 5.65. The van der Waals surface area contributed by atoms with Crippen LogP contribution in [0.3, 0.4) is 0 Å². The minimum Gasteiger partial charge on any atom is -0.370 e. The molecule has 0 unspecified atom stereocenters. The molecule has 0 radical (unpaired) electrons. The van der Waals surface area contributed by atoms with Gasteiger partial charge in [-0.2, -0.15) is 5.10 Å². The van der Waals surface area contributed by atoms with Crippen molar-refractivity contribution in [2.75, 3.05) is 11.9 Å². The van der Waals surface area contributed by atoms with Gasteiger partial charge in [-0.15, -0.1) is 0 Å². The first-order chi connectivity index (χ1) is 9.82. The molecule has 0 atom stereocenters. The first-order valence-corrected chi connectivity index (χ1v) is 7.46. The second-order valence-electron chi connectivity index (χ2n) is 6.42.